The fourth-order valence-corrected chi connectivity index (χ4v) is 2.62. The number of para-hydroxylation sites is 1. The molecule has 0 radical (unpaired) electrons. The molecular weight excluding hydrogens is 302 g/mol. The van der Waals surface area contributed by atoms with Gasteiger partial charge in [0.25, 0.3) is 5.91 Å². The Balaban J connectivity index is 1.99. The molecule has 1 N–H and O–H groups in total. The van der Waals surface area contributed by atoms with E-state index in [0.717, 1.165) is 29.1 Å². The molecule has 24 heavy (non-hydrogen) atoms. The fourth-order valence-electron chi connectivity index (χ4n) is 2.62. The van der Waals surface area contributed by atoms with Crippen molar-refractivity contribution in [3.8, 4) is 17.0 Å². The zero-order chi connectivity index (χ0) is 16.9. The summed E-state index contributed by atoms with van der Waals surface area (Å²) in [7, 11) is 0. The molecule has 0 aliphatic carbocycles. The number of rotatable bonds is 6. The van der Waals surface area contributed by atoms with Gasteiger partial charge in [-0.05, 0) is 37.6 Å². The number of fused-ring (bicyclic) bond motifs is 1. The molecule has 0 spiro atoms. The Morgan fingerprint density at radius 3 is 2.88 bits per heavy atom. The molecule has 3 aromatic rings. The predicted octanol–water partition coefficient (Wildman–Crippen LogP) is 3.54. The van der Waals surface area contributed by atoms with E-state index in [2.05, 4.69) is 10.3 Å². The maximum absolute atomic E-state index is 12.1. The van der Waals surface area contributed by atoms with Crippen molar-refractivity contribution in [1.82, 2.24) is 14.7 Å². The summed E-state index contributed by atoms with van der Waals surface area (Å²) in [6.07, 6.45) is 4.60. The quantitative estimate of drug-likeness (QED) is 0.755. The minimum Gasteiger partial charge on any atom is -0.493 e. The number of amides is 1. The summed E-state index contributed by atoms with van der Waals surface area (Å²) in [5.41, 5.74) is 3.27. The van der Waals surface area contributed by atoms with Gasteiger partial charge in [-0.1, -0.05) is 19.1 Å². The van der Waals surface area contributed by atoms with E-state index in [-0.39, 0.29) is 5.91 Å². The van der Waals surface area contributed by atoms with Gasteiger partial charge in [0.15, 0.2) is 0 Å². The van der Waals surface area contributed by atoms with E-state index in [1.165, 1.54) is 0 Å². The van der Waals surface area contributed by atoms with E-state index in [0.29, 0.717) is 18.7 Å². The van der Waals surface area contributed by atoms with Crippen LogP contribution < -0.4 is 10.1 Å². The van der Waals surface area contributed by atoms with E-state index < -0.39 is 0 Å². The first-order chi connectivity index (χ1) is 11.7. The Morgan fingerprint density at radius 2 is 2.08 bits per heavy atom. The lowest BCUT2D eigenvalue weighted by atomic mass is 10.1. The first-order valence-corrected chi connectivity index (χ1v) is 8.22. The average molecular weight is 323 g/mol. The van der Waals surface area contributed by atoms with Crippen LogP contribution in [0.2, 0.25) is 0 Å². The van der Waals surface area contributed by atoms with Crippen molar-refractivity contribution in [2.24, 2.45) is 0 Å². The van der Waals surface area contributed by atoms with Gasteiger partial charge in [0.05, 0.1) is 18.5 Å². The third-order valence-electron chi connectivity index (χ3n) is 3.77. The summed E-state index contributed by atoms with van der Waals surface area (Å²) >= 11 is 0. The Morgan fingerprint density at radius 1 is 1.25 bits per heavy atom. The van der Waals surface area contributed by atoms with Gasteiger partial charge >= 0.3 is 0 Å². The summed E-state index contributed by atoms with van der Waals surface area (Å²) in [6.45, 7) is 5.27. The highest BCUT2D eigenvalue weighted by Gasteiger charge is 2.13. The minimum absolute atomic E-state index is 0.0707. The zero-order valence-corrected chi connectivity index (χ0v) is 14.0. The number of nitrogens with one attached hydrogen (secondary N) is 1. The molecule has 0 bridgehead atoms. The lowest BCUT2D eigenvalue weighted by molar-refractivity contribution is 0.0953. The monoisotopic (exact) mass is 323 g/mol. The van der Waals surface area contributed by atoms with Crippen LogP contribution in [0.1, 0.15) is 30.6 Å². The molecule has 0 aliphatic rings. The van der Waals surface area contributed by atoms with Crippen LogP contribution >= 0.6 is 0 Å². The summed E-state index contributed by atoms with van der Waals surface area (Å²) in [5, 5.41) is 2.88. The molecule has 1 aromatic carbocycles. The van der Waals surface area contributed by atoms with Crippen molar-refractivity contribution in [1.29, 1.82) is 0 Å². The Hall–Kier alpha value is -2.82. The van der Waals surface area contributed by atoms with Gasteiger partial charge in [-0.15, -0.1) is 0 Å². The lowest BCUT2D eigenvalue weighted by Gasteiger charge is -2.10. The Bertz CT molecular complexity index is 855. The summed E-state index contributed by atoms with van der Waals surface area (Å²) < 4.78 is 7.68. The molecule has 0 aliphatic heterocycles. The van der Waals surface area contributed by atoms with E-state index >= 15 is 0 Å². The van der Waals surface area contributed by atoms with Crippen LogP contribution in [0.4, 0.5) is 0 Å². The van der Waals surface area contributed by atoms with E-state index in [9.17, 15) is 4.79 Å². The number of benzene rings is 1. The first-order valence-electron chi connectivity index (χ1n) is 8.22. The first kappa shape index (κ1) is 16.1. The maximum atomic E-state index is 12.1. The molecule has 3 rings (SSSR count). The second kappa shape index (κ2) is 7.17. The molecule has 5 heteroatoms. The van der Waals surface area contributed by atoms with Crippen LogP contribution in [0.5, 0.6) is 5.75 Å². The molecule has 0 unspecified atom stereocenters. The van der Waals surface area contributed by atoms with Crippen molar-refractivity contribution in [2.45, 2.75) is 20.3 Å². The molecular formula is C19H21N3O2. The largest absolute Gasteiger partial charge is 0.493 e. The summed E-state index contributed by atoms with van der Waals surface area (Å²) in [6, 6.07) is 11.5. The minimum atomic E-state index is -0.0707. The third-order valence-corrected chi connectivity index (χ3v) is 3.77. The molecule has 1 amide bonds. The number of nitrogens with zero attached hydrogens (tertiary/aromatic N) is 2. The highest BCUT2D eigenvalue weighted by molar-refractivity contribution is 5.95. The van der Waals surface area contributed by atoms with Crippen LogP contribution in [0, 0.1) is 0 Å². The molecule has 2 aromatic heterocycles. The molecule has 2 heterocycles. The van der Waals surface area contributed by atoms with Gasteiger partial charge in [-0.3, -0.25) is 9.20 Å². The summed E-state index contributed by atoms with van der Waals surface area (Å²) in [5.74, 6) is 0.755. The van der Waals surface area contributed by atoms with Crippen LogP contribution in [-0.4, -0.2) is 28.4 Å². The number of imidazole rings is 1. The number of hydrogen-bond acceptors (Lipinski definition) is 3. The van der Waals surface area contributed by atoms with Crippen LogP contribution in [-0.2, 0) is 0 Å². The van der Waals surface area contributed by atoms with Crippen molar-refractivity contribution >= 4 is 11.6 Å². The third kappa shape index (κ3) is 3.11. The van der Waals surface area contributed by atoms with E-state index in [4.69, 9.17) is 4.74 Å². The second-order valence-corrected chi connectivity index (χ2v) is 5.47. The zero-order valence-electron chi connectivity index (χ0n) is 14.0. The molecule has 0 atom stereocenters. The number of carbonyl (C=O) groups excluding carboxylic acids is 1. The molecule has 0 saturated heterocycles. The number of hydrogen-bond donors (Lipinski definition) is 1. The van der Waals surface area contributed by atoms with E-state index in [1.807, 2.05) is 54.8 Å². The normalized spacial score (nSPS) is 10.8. The van der Waals surface area contributed by atoms with Gasteiger partial charge < -0.3 is 10.1 Å². The molecule has 5 nitrogen and oxygen atoms in total. The topological polar surface area (TPSA) is 55.6 Å². The van der Waals surface area contributed by atoms with Crippen molar-refractivity contribution < 1.29 is 9.53 Å². The predicted molar refractivity (Wildman–Crippen MR) is 94.4 cm³/mol. The highest BCUT2D eigenvalue weighted by atomic mass is 16.5. The Labute approximate surface area is 141 Å². The van der Waals surface area contributed by atoms with E-state index in [1.54, 1.807) is 12.3 Å². The lowest BCUT2D eigenvalue weighted by Crippen LogP contribution is -2.24. The number of pyridine rings is 1. The van der Waals surface area contributed by atoms with Crippen LogP contribution in [0.25, 0.3) is 16.9 Å². The van der Waals surface area contributed by atoms with Crippen molar-refractivity contribution in [2.75, 3.05) is 13.2 Å². The van der Waals surface area contributed by atoms with Gasteiger partial charge in [-0.25, -0.2) is 4.98 Å². The summed E-state index contributed by atoms with van der Waals surface area (Å²) in [4.78, 5) is 16.5. The van der Waals surface area contributed by atoms with Crippen LogP contribution in [0.15, 0.2) is 48.8 Å². The van der Waals surface area contributed by atoms with Crippen molar-refractivity contribution in [3.63, 3.8) is 0 Å². The molecule has 124 valence electrons. The fraction of sp³-hybridized carbons (Fsp3) is 0.263. The Kier molecular flexibility index (Phi) is 4.79. The standard InChI is InChI=1S/C19H21N3O2/c1-3-10-20-19(23)14-9-11-22-16(13-21-18(22)12-14)15-7-5-6-8-17(15)24-4-2/h5-9,11-13H,3-4,10H2,1-2H3,(H,20,23). The average Bonchev–Trinajstić information content (AvgIpc) is 3.03. The second-order valence-electron chi connectivity index (χ2n) is 5.47. The van der Waals surface area contributed by atoms with Crippen LogP contribution in [0.3, 0.4) is 0 Å². The van der Waals surface area contributed by atoms with Gasteiger partial charge in [0.1, 0.15) is 11.4 Å². The molecule has 0 saturated carbocycles. The maximum Gasteiger partial charge on any atom is 0.251 e. The van der Waals surface area contributed by atoms with Gasteiger partial charge in [-0.2, -0.15) is 0 Å². The number of carbonyl (C=O) groups is 1. The number of ether oxygens (including phenoxy) is 1. The SMILES string of the molecule is CCCNC(=O)c1ccn2c(-c3ccccc3OCC)cnc2c1. The number of aromatic nitrogens is 2. The van der Waals surface area contributed by atoms with Gasteiger partial charge in [0.2, 0.25) is 0 Å². The highest BCUT2D eigenvalue weighted by Crippen LogP contribution is 2.30. The van der Waals surface area contributed by atoms with Gasteiger partial charge in [0, 0.05) is 23.9 Å². The smallest absolute Gasteiger partial charge is 0.251 e. The van der Waals surface area contributed by atoms with Crippen molar-refractivity contribution in [3.05, 3.63) is 54.4 Å². The molecule has 0 fully saturated rings.